The third kappa shape index (κ3) is 4.29. The van der Waals surface area contributed by atoms with Gasteiger partial charge in [-0.2, -0.15) is 0 Å². The maximum absolute atomic E-state index is 13.2. The van der Waals surface area contributed by atoms with E-state index in [4.69, 9.17) is 4.74 Å². The minimum Gasteiger partial charge on any atom is -0.497 e. The highest BCUT2D eigenvalue weighted by atomic mass is 19.1. The molecule has 0 saturated heterocycles. The lowest BCUT2D eigenvalue weighted by atomic mass is 10.2. The van der Waals surface area contributed by atoms with E-state index in [1.54, 1.807) is 43.5 Å². The Morgan fingerprint density at radius 2 is 1.84 bits per heavy atom. The molecule has 2 N–H and O–H groups in total. The lowest BCUT2D eigenvalue weighted by Crippen LogP contribution is -2.14. The first-order valence-corrected chi connectivity index (χ1v) is 7.44. The molecule has 3 aromatic rings. The van der Waals surface area contributed by atoms with Gasteiger partial charge in [-0.05, 0) is 42.5 Å². The van der Waals surface area contributed by atoms with Crippen molar-refractivity contribution < 1.29 is 13.9 Å². The molecular formula is C18H15FN4O2. The maximum atomic E-state index is 13.2. The predicted molar refractivity (Wildman–Crippen MR) is 92.7 cm³/mol. The number of methoxy groups -OCH3 is 1. The van der Waals surface area contributed by atoms with E-state index < -0.39 is 0 Å². The third-order valence-electron chi connectivity index (χ3n) is 3.34. The van der Waals surface area contributed by atoms with E-state index in [-0.39, 0.29) is 17.4 Å². The van der Waals surface area contributed by atoms with Gasteiger partial charge in [0, 0.05) is 17.4 Å². The van der Waals surface area contributed by atoms with E-state index >= 15 is 0 Å². The van der Waals surface area contributed by atoms with Crippen LogP contribution in [-0.2, 0) is 0 Å². The van der Waals surface area contributed by atoms with Crippen LogP contribution in [0.1, 0.15) is 10.5 Å². The molecule has 3 rings (SSSR count). The number of rotatable bonds is 5. The van der Waals surface area contributed by atoms with Crippen molar-refractivity contribution in [1.29, 1.82) is 0 Å². The molecule has 7 heteroatoms. The largest absolute Gasteiger partial charge is 0.497 e. The molecule has 0 atom stereocenters. The Kier molecular flexibility index (Phi) is 4.84. The van der Waals surface area contributed by atoms with Crippen LogP contribution in [0.15, 0.2) is 60.9 Å². The zero-order valence-electron chi connectivity index (χ0n) is 13.4. The fraction of sp³-hybridized carbons (Fsp3) is 0.0556. The van der Waals surface area contributed by atoms with Crippen molar-refractivity contribution in [3.63, 3.8) is 0 Å². The van der Waals surface area contributed by atoms with Crippen molar-refractivity contribution in [2.45, 2.75) is 0 Å². The molecule has 25 heavy (non-hydrogen) atoms. The number of aromatic nitrogens is 2. The number of anilines is 3. The molecule has 0 radical (unpaired) electrons. The highest BCUT2D eigenvalue weighted by Crippen LogP contribution is 2.18. The fourth-order valence-corrected chi connectivity index (χ4v) is 2.13. The molecule has 126 valence electrons. The van der Waals surface area contributed by atoms with Crippen LogP contribution in [0, 0.1) is 5.82 Å². The summed E-state index contributed by atoms with van der Waals surface area (Å²) in [5.41, 5.74) is 1.33. The van der Waals surface area contributed by atoms with Gasteiger partial charge in [0.05, 0.1) is 7.11 Å². The van der Waals surface area contributed by atoms with Gasteiger partial charge in [-0.25, -0.2) is 14.4 Å². The first kappa shape index (κ1) is 16.4. The van der Waals surface area contributed by atoms with Crippen LogP contribution in [0.5, 0.6) is 5.75 Å². The van der Waals surface area contributed by atoms with Crippen molar-refractivity contribution >= 4 is 23.1 Å². The summed E-state index contributed by atoms with van der Waals surface area (Å²) in [6, 6.07) is 14.4. The van der Waals surface area contributed by atoms with Crippen LogP contribution in [0.4, 0.5) is 21.6 Å². The molecule has 0 aliphatic rings. The van der Waals surface area contributed by atoms with Gasteiger partial charge in [-0.3, -0.25) is 4.79 Å². The van der Waals surface area contributed by atoms with Crippen molar-refractivity contribution in [1.82, 2.24) is 9.97 Å². The number of hydrogen-bond acceptors (Lipinski definition) is 5. The summed E-state index contributed by atoms with van der Waals surface area (Å²) in [7, 11) is 1.57. The maximum Gasteiger partial charge on any atom is 0.274 e. The Balaban J connectivity index is 1.72. The zero-order chi connectivity index (χ0) is 17.6. The summed E-state index contributed by atoms with van der Waals surface area (Å²) in [6.07, 6.45) is 1.27. The van der Waals surface area contributed by atoms with Crippen molar-refractivity contribution in [3.05, 3.63) is 72.4 Å². The Hall–Kier alpha value is -3.48. The molecular weight excluding hydrogens is 323 g/mol. The summed E-state index contributed by atoms with van der Waals surface area (Å²) in [5, 5.41) is 5.67. The Morgan fingerprint density at radius 3 is 2.56 bits per heavy atom. The fourth-order valence-electron chi connectivity index (χ4n) is 2.13. The van der Waals surface area contributed by atoms with Crippen LogP contribution in [0.3, 0.4) is 0 Å². The van der Waals surface area contributed by atoms with E-state index in [9.17, 15) is 9.18 Å². The third-order valence-corrected chi connectivity index (χ3v) is 3.34. The Labute approximate surface area is 143 Å². The molecule has 0 saturated carbocycles. The van der Waals surface area contributed by atoms with E-state index in [1.807, 2.05) is 0 Å². The summed E-state index contributed by atoms with van der Waals surface area (Å²) >= 11 is 0. The monoisotopic (exact) mass is 338 g/mol. The van der Waals surface area contributed by atoms with Gasteiger partial charge in [-0.15, -0.1) is 0 Å². The van der Waals surface area contributed by atoms with Gasteiger partial charge in [0.1, 0.15) is 29.4 Å². The summed E-state index contributed by atoms with van der Waals surface area (Å²) in [5.74, 6) is 0.341. The van der Waals surface area contributed by atoms with Gasteiger partial charge in [-0.1, -0.05) is 6.07 Å². The molecule has 0 aliphatic carbocycles. The number of ether oxygens (including phenoxy) is 1. The molecule has 1 aromatic heterocycles. The van der Waals surface area contributed by atoms with Crippen molar-refractivity contribution in [2.75, 3.05) is 17.7 Å². The highest BCUT2D eigenvalue weighted by Gasteiger charge is 2.10. The summed E-state index contributed by atoms with van der Waals surface area (Å²) in [6.45, 7) is 0. The first-order valence-electron chi connectivity index (χ1n) is 7.44. The second-order valence-electron chi connectivity index (χ2n) is 5.11. The molecule has 0 bridgehead atoms. The molecule has 2 aromatic carbocycles. The average Bonchev–Trinajstić information content (AvgIpc) is 2.62. The topological polar surface area (TPSA) is 76.1 Å². The molecule has 1 amide bonds. The predicted octanol–water partition coefficient (Wildman–Crippen LogP) is 3.62. The standard InChI is InChI=1S/C18H15FN4O2/c1-25-15-7-5-13(6-8-15)23-18(24)16-10-17(21-11-20-16)22-14-4-2-3-12(19)9-14/h2-11H,1H3,(H,23,24)(H,20,21,22). The number of nitrogens with one attached hydrogen (secondary N) is 2. The highest BCUT2D eigenvalue weighted by molar-refractivity contribution is 6.03. The molecule has 1 heterocycles. The lowest BCUT2D eigenvalue weighted by molar-refractivity contribution is 0.102. The number of hydrogen-bond donors (Lipinski definition) is 2. The normalized spacial score (nSPS) is 10.2. The number of halogens is 1. The Bertz CT molecular complexity index is 884. The number of carbonyl (C=O) groups is 1. The van der Waals surface area contributed by atoms with Crippen LogP contribution in [0.25, 0.3) is 0 Å². The van der Waals surface area contributed by atoms with Crippen LogP contribution in [0.2, 0.25) is 0 Å². The second kappa shape index (κ2) is 7.39. The Morgan fingerprint density at radius 1 is 1.04 bits per heavy atom. The van der Waals surface area contributed by atoms with Gasteiger partial charge >= 0.3 is 0 Å². The van der Waals surface area contributed by atoms with Crippen LogP contribution < -0.4 is 15.4 Å². The summed E-state index contributed by atoms with van der Waals surface area (Å²) in [4.78, 5) is 20.3. The molecule has 0 unspecified atom stereocenters. The van der Waals surface area contributed by atoms with Gasteiger partial charge < -0.3 is 15.4 Å². The minimum atomic E-state index is -0.380. The van der Waals surface area contributed by atoms with Crippen molar-refractivity contribution in [3.8, 4) is 5.75 Å². The van der Waals surface area contributed by atoms with E-state index in [0.29, 0.717) is 22.9 Å². The number of carbonyl (C=O) groups excluding carboxylic acids is 1. The van der Waals surface area contributed by atoms with Gasteiger partial charge in [0.15, 0.2) is 0 Å². The van der Waals surface area contributed by atoms with Crippen LogP contribution in [-0.4, -0.2) is 23.0 Å². The first-order chi connectivity index (χ1) is 12.1. The summed E-state index contributed by atoms with van der Waals surface area (Å²) < 4.78 is 18.3. The van der Waals surface area contributed by atoms with E-state index in [2.05, 4.69) is 20.6 Å². The van der Waals surface area contributed by atoms with Crippen LogP contribution >= 0.6 is 0 Å². The van der Waals surface area contributed by atoms with E-state index in [1.165, 1.54) is 24.5 Å². The molecule has 0 aliphatic heterocycles. The SMILES string of the molecule is COc1ccc(NC(=O)c2cc(Nc3cccc(F)c3)ncn2)cc1. The van der Waals surface area contributed by atoms with Gasteiger partial charge in [0.25, 0.3) is 5.91 Å². The van der Waals surface area contributed by atoms with Crippen molar-refractivity contribution in [2.24, 2.45) is 0 Å². The minimum absolute atomic E-state index is 0.185. The number of amides is 1. The quantitative estimate of drug-likeness (QED) is 0.743. The molecule has 6 nitrogen and oxygen atoms in total. The van der Waals surface area contributed by atoms with Gasteiger partial charge in [0.2, 0.25) is 0 Å². The molecule has 0 spiro atoms. The zero-order valence-corrected chi connectivity index (χ0v) is 13.4. The number of benzene rings is 2. The average molecular weight is 338 g/mol. The smallest absolute Gasteiger partial charge is 0.274 e. The second-order valence-corrected chi connectivity index (χ2v) is 5.11. The van der Waals surface area contributed by atoms with E-state index in [0.717, 1.165) is 0 Å². The lowest BCUT2D eigenvalue weighted by Gasteiger charge is -2.08. The number of nitrogens with zero attached hydrogens (tertiary/aromatic N) is 2. The molecule has 0 fully saturated rings.